The summed E-state index contributed by atoms with van der Waals surface area (Å²) in [5.41, 5.74) is 0. The maximum Gasteiger partial charge on any atom is 0.500 e. The van der Waals surface area contributed by atoms with E-state index in [4.69, 9.17) is 22.8 Å². The molecule has 0 saturated heterocycles. The zero-order valence-corrected chi connectivity index (χ0v) is 18.3. The quantitative estimate of drug-likeness (QED) is 0.275. The molecule has 0 aliphatic rings. The molecule has 2 radical (unpaired) electrons. The first-order chi connectivity index (χ1) is 13.5. The van der Waals surface area contributed by atoms with E-state index in [0.29, 0.717) is 38.8 Å². The highest BCUT2D eigenvalue weighted by atomic mass is 28.4. The molecule has 0 aromatic rings. The number of hydrogen-bond donors (Lipinski definition) is 2. The second-order valence-corrected chi connectivity index (χ2v) is 9.06. The third-order valence-corrected chi connectivity index (χ3v) is 6.70. The Morgan fingerprint density at radius 1 is 0.821 bits per heavy atom. The highest BCUT2D eigenvalue weighted by Crippen LogP contribution is 2.14. The monoisotopic (exact) mass is 420 g/mol. The van der Waals surface area contributed by atoms with Crippen LogP contribution in [0.5, 0.6) is 0 Å². The van der Waals surface area contributed by atoms with E-state index in [-0.39, 0.29) is 0 Å². The van der Waals surface area contributed by atoms with Gasteiger partial charge in [-0.05, 0) is 26.2 Å². The molecule has 0 atom stereocenters. The van der Waals surface area contributed by atoms with Crippen LogP contribution >= 0.6 is 0 Å². The molecule has 0 saturated carbocycles. The summed E-state index contributed by atoms with van der Waals surface area (Å²) in [6.45, 7) is 5.11. The van der Waals surface area contributed by atoms with Crippen molar-refractivity contribution in [3.05, 3.63) is 14.0 Å². The van der Waals surface area contributed by atoms with Gasteiger partial charge in [-0.1, -0.05) is 25.7 Å². The maximum absolute atomic E-state index is 11.6. The van der Waals surface area contributed by atoms with Gasteiger partial charge in [0, 0.05) is 33.4 Å². The van der Waals surface area contributed by atoms with Crippen LogP contribution in [0.1, 0.15) is 44.9 Å². The molecule has 9 nitrogen and oxygen atoms in total. The van der Waals surface area contributed by atoms with Crippen LogP contribution in [0.15, 0.2) is 0 Å². The van der Waals surface area contributed by atoms with Crippen molar-refractivity contribution >= 4 is 21.0 Å². The molecule has 2 amide bonds. The van der Waals surface area contributed by atoms with Crippen molar-refractivity contribution in [1.82, 2.24) is 10.6 Å². The van der Waals surface area contributed by atoms with Gasteiger partial charge in [-0.2, -0.15) is 0 Å². The number of carbonyl (C=O) groups is 2. The van der Waals surface area contributed by atoms with E-state index in [1.807, 2.05) is 0 Å². The van der Waals surface area contributed by atoms with E-state index in [1.54, 1.807) is 0 Å². The molecule has 10 heteroatoms. The summed E-state index contributed by atoms with van der Waals surface area (Å²) in [5, 5.41) is 5.17. The Morgan fingerprint density at radius 3 is 1.79 bits per heavy atom. The lowest BCUT2D eigenvalue weighted by Gasteiger charge is -2.23. The first-order valence-corrected chi connectivity index (χ1v) is 11.6. The summed E-state index contributed by atoms with van der Waals surface area (Å²) in [6, 6.07) is 0.565. The Hall–Kier alpha value is -1.36. The van der Waals surface area contributed by atoms with Crippen LogP contribution in [0.4, 0.5) is 9.59 Å². The summed E-state index contributed by atoms with van der Waals surface area (Å²) < 4.78 is 25.7. The molecule has 0 aromatic carbocycles. The normalized spacial score (nSPS) is 11.1. The number of carbonyl (C=O) groups excluding carboxylic acids is 2. The molecule has 0 aliphatic carbocycles. The lowest BCUT2D eigenvalue weighted by atomic mass is 10.1. The van der Waals surface area contributed by atoms with Crippen LogP contribution in [0, 0.1) is 14.0 Å². The zero-order chi connectivity index (χ0) is 21.1. The van der Waals surface area contributed by atoms with Gasteiger partial charge in [0.15, 0.2) is 0 Å². The summed E-state index contributed by atoms with van der Waals surface area (Å²) in [6.07, 6.45) is 5.60. The Balaban J connectivity index is 3.45. The Bertz CT molecular complexity index is 401. The third kappa shape index (κ3) is 13.8. The molecular weight excluding hydrogens is 384 g/mol. The Kier molecular flexibility index (Phi) is 16.9. The smallest absolute Gasteiger partial charge is 0.450 e. The lowest BCUT2D eigenvalue weighted by Crippen LogP contribution is -2.42. The van der Waals surface area contributed by atoms with Gasteiger partial charge in [-0.25, -0.2) is 9.59 Å². The topological polar surface area (TPSA) is 104 Å². The molecule has 0 aromatic heterocycles. The average Bonchev–Trinajstić information content (AvgIpc) is 2.70. The molecule has 0 bridgehead atoms. The van der Waals surface area contributed by atoms with Crippen molar-refractivity contribution < 1.29 is 32.3 Å². The Labute approximate surface area is 170 Å². The van der Waals surface area contributed by atoms with Crippen LogP contribution in [0.2, 0.25) is 6.04 Å². The molecule has 0 spiro atoms. The number of ether oxygens (including phenoxy) is 2. The van der Waals surface area contributed by atoms with E-state index in [2.05, 4.69) is 24.7 Å². The maximum atomic E-state index is 11.6. The van der Waals surface area contributed by atoms with E-state index in [9.17, 15) is 9.59 Å². The van der Waals surface area contributed by atoms with E-state index < -0.39 is 21.0 Å². The molecule has 0 aliphatic heterocycles. The molecule has 0 fully saturated rings. The third-order valence-electron chi connectivity index (χ3n) is 4.05. The summed E-state index contributed by atoms with van der Waals surface area (Å²) in [5.74, 6) is 0. The predicted octanol–water partition coefficient (Wildman–Crippen LogP) is 3.04. The first kappa shape index (κ1) is 26.6. The first-order valence-electron chi connectivity index (χ1n) is 9.67. The minimum Gasteiger partial charge on any atom is -0.450 e. The standard InChI is InChI=1S/C18H36N2O7Si/c1-5-19-17(21)26-14-10-8-6-7-9-11-15-27-18(22)20-13-12-16-28(23-2,24-3)25-4/h1-2,5-16H2,3-4H3,(H,19,21)(H,20,22). The molecular formula is C18H36N2O7Si. The Morgan fingerprint density at radius 2 is 1.32 bits per heavy atom. The van der Waals surface area contributed by atoms with Gasteiger partial charge in [0.05, 0.1) is 20.3 Å². The van der Waals surface area contributed by atoms with Crippen molar-refractivity contribution in [2.45, 2.75) is 51.0 Å². The number of alkyl carbamates (subject to hydrolysis) is 2. The highest BCUT2D eigenvalue weighted by molar-refractivity contribution is 6.60. The van der Waals surface area contributed by atoms with E-state index in [0.717, 1.165) is 38.5 Å². The van der Waals surface area contributed by atoms with Gasteiger partial charge in [0.1, 0.15) is 0 Å². The zero-order valence-electron chi connectivity index (χ0n) is 17.3. The van der Waals surface area contributed by atoms with Gasteiger partial charge in [-0.3, -0.25) is 0 Å². The van der Waals surface area contributed by atoms with Gasteiger partial charge in [0.25, 0.3) is 0 Å². The van der Waals surface area contributed by atoms with Crippen LogP contribution in [-0.2, 0) is 22.8 Å². The number of amides is 2. The van der Waals surface area contributed by atoms with Gasteiger partial charge >= 0.3 is 21.0 Å². The summed E-state index contributed by atoms with van der Waals surface area (Å²) in [7, 11) is 3.76. The van der Waals surface area contributed by atoms with E-state index >= 15 is 0 Å². The van der Waals surface area contributed by atoms with Crippen LogP contribution in [-0.4, -0.2) is 61.5 Å². The molecule has 0 heterocycles. The molecule has 164 valence electrons. The molecule has 0 unspecified atom stereocenters. The largest absolute Gasteiger partial charge is 0.500 e. The fourth-order valence-corrected chi connectivity index (χ4v) is 3.98. The van der Waals surface area contributed by atoms with Gasteiger partial charge < -0.3 is 33.4 Å². The van der Waals surface area contributed by atoms with Crippen LogP contribution in [0.3, 0.4) is 0 Å². The van der Waals surface area contributed by atoms with Crippen molar-refractivity contribution in [2.24, 2.45) is 0 Å². The van der Waals surface area contributed by atoms with Crippen LogP contribution in [0.25, 0.3) is 0 Å². The summed E-state index contributed by atoms with van der Waals surface area (Å²) >= 11 is 0. The lowest BCUT2D eigenvalue weighted by molar-refractivity contribution is 0.134. The van der Waals surface area contributed by atoms with E-state index in [1.165, 1.54) is 14.2 Å². The fraction of sp³-hybridized carbons (Fsp3) is 0.778. The fourth-order valence-electron chi connectivity index (χ4n) is 2.42. The number of hydrogen-bond acceptors (Lipinski definition) is 7. The molecule has 28 heavy (non-hydrogen) atoms. The highest BCUT2D eigenvalue weighted by Gasteiger charge is 2.36. The van der Waals surface area contributed by atoms with Crippen molar-refractivity contribution in [2.75, 3.05) is 40.5 Å². The number of rotatable bonds is 17. The van der Waals surface area contributed by atoms with Gasteiger partial charge in [0.2, 0.25) is 0 Å². The second kappa shape index (κ2) is 17.7. The number of nitrogens with one attached hydrogen (secondary N) is 2. The molecule has 2 N–H and O–H groups in total. The SMILES string of the molecule is [CH2]CNC(=O)OCCCCCCCCOC(=O)NCCC[Si](O[CH2])(OC)OC. The van der Waals surface area contributed by atoms with Crippen molar-refractivity contribution in [3.63, 3.8) is 0 Å². The predicted molar refractivity (Wildman–Crippen MR) is 107 cm³/mol. The van der Waals surface area contributed by atoms with Gasteiger partial charge in [-0.15, -0.1) is 0 Å². The van der Waals surface area contributed by atoms with Crippen molar-refractivity contribution in [3.8, 4) is 0 Å². The van der Waals surface area contributed by atoms with Crippen molar-refractivity contribution in [1.29, 1.82) is 0 Å². The average molecular weight is 421 g/mol. The summed E-state index contributed by atoms with van der Waals surface area (Å²) in [4.78, 5) is 22.6. The second-order valence-electron chi connectivity index (χ2n) is 6.09. The minimum atomic E-state index is -2.69. The molecule has 0 rings (SSSR count). The van der Waals surface area contributed by atoms with Crippen LogP contribution < -0.4 is 10.6 Å². The number of unbranched alkanes of at least 4 members (excludes halogenated alkanes) is 5. The minimum absolute atomic E-state index is 0.328.